The van der Waals surface area contributed by atoms with Crippen LogP contribution in [-0.2, 0) is 0 Å². The van der Waals surface area contributed by atoms with E-state index < -0.39 is 0 Å². The monoisotopic (exact) mass is 480 g/mol. The number of unbranched alkanes of at least 4 members (excludes halogenated alkanes) is 26. The van der Waals surface area contributed by atoms with Gasteiger partial charge in [-0.25, -0.2) is 0 Å². The van der Waals surface area contributed by atoms with E-state index >= 15 is 0 Å². The molecular formula is C32H65NO. The largest absolute Gasteiger partial charge is 0.395 e. The third-order valence-electron chi connectivity index (χ3n) is 7.22. The molecule has 0 aliphatic rings. The lowest BCUT2D eigenvalue weighted by Crippen LogP contribution is -2.10. The molecule has 2 N–H and O–H groups in total. The Morgan fingerprint density at radius 3 is 1.03 bits per heavy atom. The average molecular weight is 480 g/mol. The lowest BCUT2D eigenvalue weighted by molar-refractivity contribution is 0.298. The highest BCUT2D eigenvalue weighted by molar-refractivity contribution is 4.78. The number of hydrogen-bond donors (Lipinski definition) is 2. The van der Waals surface area contributed by atoms with E-state index in [1.807, 2.05) is 6.20 Å². The van der Waals surface area contributed by atoms with Crippen molar-refractivity contribution in [3.63, 3.8) is 0 Å². The van der Waals surface area contributed by atoms with Gasteiger partial charge < -0.3 is 10.4 Å². The van der Waals surface area contributed by atoms with Gasteiger partial charge in [-0.05, 0) is 19.0 Å². The van der Waals surface area contributed by atoms with E-state index in [2.05, 4.69) is 18.3 Å². The van der Waals surface area contributed by atoms with Crippen LogP contribution >= 0.6 is 0 Å². The van der Waals surface area contributed by atoms with Crippen molar-refractivity contribution in [2.45, 2.75) is 180 Å². The Morgan fingerprint density at radius 1 is 0.441 bits per heavy atom. The molecule has 0 amide bonds. The molecule has 0 aromatic rings. The molecule has 0 aliphatic carbocycles. The maximum atomic E-state index is 8.67. The highest BCUT2D eigenvalue weighted by atomic mass is 16.3. The van der Waals surface area contributed by atoms with Crippen molar-refractivity contribution in [2.75, 3.05) is 13.2 Å². The Balaban J connectivity index is 3.02. The van der Waals surface area contributed by atoms with Crippen molar-refractivity contribution >= 4 is 0 Å². The van der Waals surface area contributed by atoms with Crippen LogP contribution in [0.5, 0.6) is 0 Å². The normalized spacial score (nSPS) is 11.6. The molecule has 0 fully saturated rings. The minimum absolute atomic E-state index is 0.212. The Labute approximate surface area is 216 Å². The topological polar surface area (TPSA) is 32.3 Å². The summed E-state index contributed by atoms with van der Waals surface area (Å²) >= 11 is 0. The summed E-state index contributed by atoms with van der Waals surface area (Å²) in [5.41, 5.74) is 0. The first-order valence-corrected chi connectivity index (χ1v) is 15.9. The first kappa shape index (κ1) is 33.5. The van der Waals surface area contributed by atoms with Gasteiger partial charge in [-0.3, -0.25) is 0 Å². The van der Waals surface area contributed by atoms with Gasteiger partial charge in [0.15, 0.2) is 0 Å². The van der Waals surface area contributed by atoms with Crippen molar-refractivity contribution in [1.82, 2.24) is 5.32 Å². The second-order valence-corrected chi connectivity index (χ2v) is 10.7. The fourth-order valence-electron chi connectivity index (χ4n) is 4.89. The number of nitrogens with one attached hydrogen (secondary N) is 1. The molecular weight excluding hydrogens is 414 g/mol. The molecule has 0 aromatic carbocycles. The molecule has 0 rings (SSSR count). The summed E-state index contributed by atoms with van der Waals surface area (Å²) in [4.78, 5) is 0. The quantitative estimate of drug-likeness (QED) is 0.100. The summed E-state index contributed by atoms with van der Waals surface area (Å²) < 4.78 is 0. The van der Waals surface area contributed by atoms with Crippen molar-refractivity contribution < 1.29 is 5.11 Å². The molecule has 0 atom stereocenters. The van der Waals surface area contributed by atoms with Crippen LogP contribution < -0.4 is 5.32 Å². The highest BCUT2D eigenvalue weighted by Gasteiger charge is 1.96. The summed E-state index contributed by atoms with van der Waals surface area (Å²) in [7, 11) is 0. The lowest BCUT2D eigenvalue weighted by Gasteiger charge is -2.04. The SMILES string of the molecule is CCCCCCCCCCCCCCCCCCCCCCCCCCCCC=CNCCO. The summed E-state index contributed by atoms with van der Waals surface area (Å²) in [5, 5.41) is 11.7. The van der Waals surface area contributed by atoms with Crippen molar-refractivity contribution in [1.29, 1.82) is 0 Å². The standard InChI is InChI=1S/C32H65NO/c1-2-3-4-5-6-7-8-9-10-11-12-13-14-15-16-17-18-19-20-21-22-23-24-25-26-27-28-29-30-33-31-32-34/h29-30,33-34H,2-28,31-32H2,1H3. The molecule has 0 heterocycles. The van der Waals surface area contributed by atoms with Gasteiger partial charge in [-0.15, -0.1) is 0 Å². The molecule has 0 saturated carbocycles. The Morgan fingerprint density at radius 2 is 0.735 bits per heavy atom. The molecule has 0 aromatic heterocycles. The van der Waals surface area contributed by atoms with Gasteiger partial charge in [0.2, 0.25) is 0 Å². The summed E-state index contributed by atoms with van der Waals surface area (Å²) in [6.07, 6.45) is 43.1. The van der Waals surface area contributed by atoms with Gasteiger partial charge in [0, 0.05) is 6.54 Å². The zero-order chi connectivity index (χ0) is 24.6. The number of allylic oxidation sites excluding steroid dienone is 1. The minimum atomic E-state index is 0.212. The molecule has 0 saturated heterocycles. The molecule has 2 nitrogen and oxygen atoms in total. The predicted octanol–water partition coefficient (Wildman–Crippen LogP) is 10.6. The molecule has 0 unspecified atom stereocenters. The van der Waals surface area contributed by atoms with Crippen molar-refractivity contribution in [3.8, 4) is 0 Å². The van der Waals surface area contributed by atoms with Gasteiger partial charge in [0.05, 0.1) is 6.61 Å². The summed E-state index contributed by atoms with van der Waals surface area (Å²) in [6, 6.07) is 0. The maximum Gasteiger partial charge on any atom is 0.0603 e. The zero-order valence-electron chi connectivity index (χ0n) is 23.6. The number of rotatable bonds is 30. The van der Waals surface area contributed by atoms with E-state index in [1.165, 1.54) is 167 Å². The molecule has 34 heavy (non-hydrogen) atoms. The molecule has 0 radical (unpaired) electrons. The molecule has 2 heteroatoms. The Bertz CT molecular complexity index is 368. The second kappa shape index (κ2) is 32.5. The summed E-state index contributed by atoms with van der Waals surface area (Å²) in [5.74, 6) is 0. The van der Waals surface area contributed by atoms with E-state index in [0.29, 0.717) is 6.54 Å². The zero-order valence-corrected chi connectivity index (χ0v) is 23.6. The van der Waals surface area contributed by atoms with E-state index in [0.717, 1.165) is 6.42 Å². The average Bonchev–Trinajstić information content (AvgIpc) is 2.85. The van der Waals surface area contributed by atoms with E-state index in [-0.39, 0.29) is 6.61 Å². The van der Waals surface area contributed by atoms with Crippen LogP contribution in [0.2, 0.25) is 0 Å². The van der Waals surface area contributed by atoms with Crippen LogP contribution in [0, 0.1) is 0 Å². The Kier molecular flexibility index (Phi) is 32.0. The first-order valence-electron chi connectivity index (χ1n) is 15.9. The third kappa shape index (κ3) is 31.5. The lowest BCUT2D eigenvalue weighted by atomic mass is 10.0. The Hall–Kier alpha value is -0.500. The van der Waals surface area contributed by atoms with Gasteiger partial charge in [0.1, 0.15) is 0 Å². The fraction of sp³-hybridized carbons (Fsp3) is 0.938. The van der Waals surface area contributed by atoms with Gasteiger partial charge >= 0.3 is 0 Å². The van der Waals surface area contributed by atoms with Gasteiger partial charge in [0.25, 0.3) is 0 Å². The van der Waals surface area contributed by atoms with E-state index in [1.54, 1.807) is 0 Å². The smallest absolute Gasteiger partial charge is 0.0603 e. The van der Waals surface area contributed by atoms with Crippen molar-refractivity contribution in [3.05, 3.63) is 12.3 Å². The molecule has 0 aliphatic heterocycles. The number of aliphatic hydroxyl groups is 1. The van der Waals surface area contributed by atoms with Crippen LogP contribution in [0.4, 0.5) is 0 Å². The number of hydrogen-bond acceptors (Lipinski definition) is 2. The van der Waals surface area contributed by atoms with Crippen molar-refractivity contribution in [2.24, 2.45) is 0 Å². The number of aliphatic hydroxyl groups excluding tert-OH is 1. The molecule has 0 spiro atoms. The van der Waals surface area contributed by atoms with Crippen LogP contribution in [0.1, 0.15) is 180 Å². The molecule has 204 valence electrons. The van der Waals surface area contributed by atoms with E-state index in [4.69, 9.17) is 5.11 Å². The fourth-order valence-corrected chi connectivity index (χ4v) is 4.89. The first-order chi connectivity index (χ1) is 16.9. The minimum Gasteiger partial charge on any atom is -0.395 e. The molecule has 0 bridgehead atoms. The van der Waals surface area contributed by atoms with Gasteiger partial charge in [-0.1, -0.05) is 174 Å². The van der Waals surface area contributed by atoms with Crippen LogP contribution in [0.25, 0.3) is 0 Å². The van der Waals surface area contributed by atoms with E-state index in [9.17, 15) is 0 Å². The maximum absolute atomic E-state index is 8.67. The van der Waals surface area contributed by atoms with Crippen LogP contribution in [-0.4, -0.2) is 18.3 Å². The summed E-state index contributed by atoms with van der Waals surface area (Å²) in [6.45, 7) is 3.18. The third-order valence-corrected chi connectivity index (χ3v) is 7.22. The van der Waals surface area contributed by atoms with Crippen LogP contribution in [0.15, 0.2) is 12.3 Å². The second-order valence-electron chi connectivity index (χ2n) is 10.7. The highest BCUT2D eigenvalue weighted by Crippen LogP contribution is 2.16. The predicted molar refractivity (Wildman–Crippen MR) is 155 cm³/mol. The van der Waals surface area contributed by atoms with Gasteiger partial charge in [-0.2, -0.15) is 0 Å². The van der Waals surface area contributed by atoms with Crippen LogP contribution in [0.3, 0.4) is 0 Å².